The zero-order chi connectivity index (χ0) is 31.5. The van der Waals surface area contributed by atoms with Crippen molar-refractivity contribution in [3.63, 3.8) is 0 Å². The highest BCUT2D eigenvalue weighted by Gasteiger charge is 2.35. The number of non-ortho nitro benzene ring substituents is 1. The summed E-state index contributed by atoms with van der Waals surface area (Å²) in [6, 6.07) is 7.18. The molecule has 0 saturated carbocycles. The summed E-state index contributed by atoms with van der Waals surface area (Å²) in [5.41, 5.74) is 2.04. The van der Waals surface area contributed by atoms with Gasteiger partial charge in [0.05, 0.1) is 54.7 Å². The Kier molecular flexibility index (Phi) is 9.04. The Morgan fingerprint density at radius 1 is 1.09 bits per heavy atom. The molecule has 0 N–H and O–H groups in total. The van der Waals surface area contributed by atoms with E-state index in [1.165, 1.54) is 38.0 Å². The van der Waals surface area contributed by atoms with Crippen LogP contribution < -0.4 is 34.0 Å². The van der Waals surface area contributed by atoms with Crippen molar-refractivity contribution < 1.29 is 28.7 Å². The van der Waals surface area contributed by atoms with Gasteiger partial charge in [-0.05, 0) is 62.9 Å². The van der Waals surface area contributed by atoms with Gasteiger partial charge in [0.15, 0.2) is 16.3 Å². The molecule has 0 spiro atoms. The van der Waals surface area contributed by atoms with Gasteiger partial charge >= 0.3 is 5.97 Å². The van der Waals surface area contributed by atoms with Gasteiger partial charge in [-0.3, -0.25) is 19.5 Å². The zero-order valence-corrected chi connectivity index (χ0v) is 26.1. The fourth-order valence-corrected chi connectivity index (χ4v) is 6.74. The van der Waals surface area contributed by atoms with Crippen LogP contribution in [0.3, 0.4) is 0 Å². The second kappa shape index (κ2) is 12.9. The van der Waals surface area contributed by atoms with E-state index in [4.69, 9.17) is 18.9 Å². The predicted molar refractivity (Wildman–Crippen MR) is 166 cm³/mol. The summed E-state index contributed by atoms with van der Waals surface area (Å²) in [5.74, 6) is 0.461. The number of hydrogen-bond acceptors (Lipinski definition) is 11. The predicted octanol–water partition coefficient (Wildman–Crippen LogP) is 3.72. The molecule has 12 nitrogen and oxygen atoms in total. The molecule has 3 aromatic rings. The summed E-state index contributed by atoms with van der Waals surface area (Å²) in [6.07, 6.45) is 4.84. The minimum absolute atomic E-state index is 0.0690. The van der Waals surface area contributed by atoms with Crippen LogP contribution in [0.1, 0.15) is 50.3 Å². The number of thiazole rings is 1. The normalized spacial score (nSPS) is 16.7. The van der Waals surface area contributed by atoms with Crippen LogP contribution in [0, 0.1) is 10.1 Å². The van der Waals surface area contributed by atoms with E-state index in [0.29, 0.717) is 43.4 Å². The van der Waals surface area contributed by atoms with Crippen molar-refractivity contribution >= 4 is 34.8 Å². The van der Waals surface area contributed by atoms with Gasteiger partial charge in [-0.25, -0.2) is 9.79 Å². The lowest BCUT2D eigenvalue weighted by Crippen LogP contribution is -2.40. The monoisotopic (exact) mass is 622 g/mol. The summed E-state index contributed by atoms with van der Waals surface area (Å²) in [6.45, 7) is 5.18. The van der Waals surface area contributed by atoms with Crippen LogP contribution in [-0.4, -0.2) is 56.5 Å². The second-order valence-electron chi connectivity index (χ2n) is 10.3. The van der Waals surface area contributed by atoms with E-state index in [0.717, 1.165) is 49.4 Å². The molecule has 1 aromatic heterocycles. The number of piperidine rings is 1. The largest absolute Gasteiger partial charge is 0.493 e. The molecule has 0 amide bonds. The van der Waals surface area contributed by atoms with Crippen molar-refractivity contribution in [2.75, 3.05) is 45.9 Å². The summed E-state index contributed by atoms with van der Waals surface area (Å²) >= 11 is 1.15. The van der Waals surface area contributed by atoms with Gasteiger partial charge in [0.2, 0.25) is 5.75 Å². The summed E-state index contributed by atoms with van der Waals surface area (Å²) < 4.78 is 23.8. The SMILES string of the molecule is CCOC(=O)C1=C(C)N=c2s/c(=C/c3cc([N+](=O)[O-])ccc3N3CCCCC3)c(=O)n2C1c1cc(OC)c(OC)c(OC)c1. The molecule has 2 aliphatic heterocycles. The van der Waals surface area contributed by atoms with Crippen LogP contribution in [0.15, 0.2) is 51.4 Å². The maximum Gasteiger partial charge on any atom is 0.338 e. The van der Waals surface area contributed by atoms with Gasteiger partial charge < -0.3 is 23.8 Å². The molecule has 2 aromatic carbocycles. The lowest BCUT2D eigenvalue weighted by atomic mass is 9.95. The molecule has 0 radical (unpaired) electrons. The van der Waals surface area contributed by atoms with E-state index in [9.17, 15) is 19.7 Å². The van der Waals surface area contributed by atoms with Gasteiger partial charge in [-0.2, -0.15) is 0 Å². The topological polar surface area (TPSA) is 135 Å². The summed E-state index contributed by atoms with van der Waals surface area (Å²) in [4.78, 5) is 46.0. The quantitative estimate of drug-likeness (QED) is 0.199. The molecule has 1 saturated heterocycles. The number of nitro benzene ring substituents is 1. The van der Waals surface area contributed by atoms with E-state index < -0.39 is 22.5 Å². The van der Waals surface area contributed by atoms with Crippen molar-refractivity contribution in [1.29, 1.82) is 0 Å². The third-order valence-electron chi connectivity index (χ3n) is 7.73. The first-order chi connectivity index (χ1) is 21.2. The van der Waals surface area contributed by atoms with Crippen LogP contribution >= 0.6 is 11.3 Å². The second-order valence-corrected chi connectivity index (χ2v) is 11.3. The Morgan fingerprint density at radius 2 is 1.77 bits per heavy atom. The molecule has 0 aliphatic carbocycles. The van der Waals surface area contributed by atoms with E-state index in [2.05, 4.69) is 9.89 Å². The molecule has 2 aliphatic rings. The number of aromatic nitrogens is 1. The number of carbonyl (C=O) groups is 1. The minimum Gasteiger partial charge on any atom is -0.493 e. The lowest BCUT2D eigenvalue weighted by molar-refractivity contribution is -0.384. The van der Waals surface area contributed by atoms with Crippen LogP contribution in [0.4, 0.5) is 11.4 Å². The Bertz CT molecular complexity index is 1800. The number of nitrogens with zero attached hydrogens (tertiary/aromatic N) is 4. The molecule has 5 rings (SSSR count). The van der Waals surface area contributed by atoms with Gasteiger partial charge in [-0.1, -0.05) is 11.3 Å². The maximum absolute atomic E-state index is 14.2. The number of rotatable bonds is 9. The standard InChI is InChI=1S/C31H34N4O8S/c1-6-43-30(37)26-18(2)32-31-34(27(26)20-15-23(40-3)28(42-5)24(16-20)41-4)29(36)25(44-31)17-19-14-21(35(38)39)10-11-22(19)33-12-8-7-9-13-33/h10-11,14-17,27H,6-9,12-13H2,1-5H3/b25-17+. The maximum atomic E-state index is 14.2. The number of allylic oxidation sites excluding steroid dienone is 1. The van der Waals surface area contributed by atoms with Gasteiger partial charge in [0.25, 0.3) is 11.2 Å². The van der Waals surface area contributed by atoms with Crippen LogP contribution in [0.25, 0.3) is 6.08 Å². The number of fused-ring (bicyclic) bond motifs is 1. The highest BCUT2D eigenvalue weighted by Crippen LogP contribution is 2.42. The third kappa shape index (κ3) is 5.66. The fraction of sp³-hybridized carbons (Fsp3) is 0.387. The van der Waals surface area contributed by atoms with Crippen molar-refractivity contribution in [3.05, 3.63) is 82.5 Å². The highest BCUT2D eigenvalue weighted by atomic mass is 32.1. The van der Waals surface area contributed by atoms with Crippen molar-refractivity contribution in [3.8, 4) is 17.2 Å². The number of carbonyl (C=O) groups excluding carboxylic acids is 1. The first-order valence-electron chi connectivity index (χ1n) is 14.2. The van der Waals surface area contributed by atoms with Crippen LogP contribution in [0.2, 0.25) is 0 Å². The Labute approximate surface area is 257 Å². The first kappa shape index (κ1) is 30.8. The molecule has 1 atom stereocenters. The van der Waals surface area contributed by atoms with Gasteiger partial charge in [0, 0.05) is 36.5 Å². The van der Waals surface area contributed by atoms with E-state index in [1.807, 2.05) is 0 Å². The molecule has 3 heterocycles. The number of methoxy groups -OCH3 is 3. The third-order valence-corrected chi connectivity index (χ3v) is 8.71. The number of esters is 1. The van der Waals surface area contributed by atoms with E-state index in [1.54, 1.807) is 38.1 Å². The molecule has 0 bridgehead atoms. The van der Waals surface area contributed by atoms with Gasteiger partial charge in [-0.15, -0.1) is 0 Å². The molecule has 1 fully saturated rings. The molecule has 13 heteroatoms. The fourth-order valence-electron chi connectivity index (χ4n) is 5.70. The molecule has 232 valence electrons. The number of hydrogen-bond donors (Lipinski definition) is 0. The molecular formula is C31H34N4O8S. The average molecular weight is 623 g/mol. The summed E-state index contributed by atoms with van der Waals surface area (Å²) in [5, 5.41) is 11.7. The molecular weight excluding hydrogens is 588 g/mol. The summed E-state index contributed by atoms with van der Waals surface area (Å²) in [7, 11) is 4.46. The number of anilines is 1. The zero-order valence-electron chi connectivity index (χ0n) is 25.2. The van der Waals surface area contributed by atoms with Crippen molar-refractivity contribution in [2.24, 2.45) is 4.99 Å². The Balaban J connectivity index is 1.76. The first-order valence-corrected chi connectivity index (χ1v) is 15.1. The van der Waals surface area contributed by atoms with Crippen molar-refractivity contribution in [1.82, 2.24) is 4.57 Å². The number of ether oxygens (including phenoxy) is 4. The van der Waals surface area contributed by atoms with E-state index >= 15 is 0 Å². The molecule has 1 unspecified atom stereocenters. The average Bonchev–Trinajstić information content (AvgIpc) is 3.33. The number of benzene rings is 2. The van der Waals surface area contributed by atoms with Gasteiger partial charge in [0.1, 0.15) is 0 Å². The van der Waals surface area contributed by atoms with E-state index in [-0.39, 0.29) is 17.9 Å². The van der Waals surface area contributed by atoms with Crippen LogP contribution in [-0.2, 0) is 9.53 Å². The Hall–Kier alpha value is -4.65. The van der Waals surface area contributed by atoms with Crippen LogP contribution in [0.5, 0.6) is 17.2 Å². The van der Waals surface area contributed by atoms with Crippen molar-refractivity contribution in [2.45, 2.75) is 39.2 Å². The number of nitro groups is 1. The smallest absolute Gasteiger partial charge is 0.338 e. The Morgan fingerprint density at radius 3 is 2.36 bits per heavy atom. The lowest BCUT2D eigenvalue weighted by Gasteiger charge is -2.30. The minimum atomic E-state index is -0.923. The molecule has 44 heavy (non-hydrogen) atoms. The highest BCUT2D eigenvalue weighted by molar-refractivity contribution is 7.07.